The van der Waals surface area contributed by atoms with Gasteiger partial charge in [0, 0.05) is 32.7 Å². The average molecular weight is 462 g/mol. The molecule has 1 heterocycles. The van der Waals surface area contributed by atoms with E-state index in [1.165, 1.54) is 24.8 Å². The topological polar surface area (TPSA) is 88.2 Å². The van der Waals surface area contributed by atoms with Crippen LogP contribution in [-0.2, 0) is 21.4 Å². The van der Waals surface area contributed by atoms with E-state index in [2.05, 4.69) is 9.62 Å². The summed E-state index contributed by atoms with van der Waals surface area (Å²) >= 11 is 0. The Hall–Kier alpha value is -2.62. The van der Waals surface area contributed by atoms with E-state index in [4.69, 9.17) is 9.47 Å². The van der Waals surface area contributed by atoms with Gasteiger partial charge < -0.3 is 14.4 Å². The monoisotopic (exact) mass is 461 g/mol. The summed E-state index contributed by atoms with van der Waals surface area (Å²) in [5.41, 5.74) is 1.19. The first-order valence-electron chi connectivity index (χ1n) is 10.6. The second-order valence-corrected chi connectivity index (χ2v) is 9.54. The third-order valence-corrected chi connectivity index (χ3v) is 7.09. The summed E-state index contributed by atoms with van der Waals surface area (Å²) in [4.78, 5) is 17.1. The van der Waals surface area contributed by atoms with Crippen LogP contribution in [-0.4, -0.2) is 70.6 Å². The number of carbonyl (C=O) groups is 1. The van der Waals surface area contributed by atoms with Gasteiger partial charge >= 0.3 is 0 Å². The molecule has 0 aliphatic carbocycles. The van der Waals surface area contributed by atoms with Crippen LogP contribution < -0.4 is 14.2 Å². The molecule has 1 N–H and O–H groups in total. The largest absolute Gasteiger partial charge is 0.497 e. The smallest absolute Gasteiger partial charge is 0.241 e. The number of amides is 1. The maximum absolute atomic E-state index is 12.9. The van der Waals surface area contributed by atoms with Crippen molar-refractivity contribution in [1.29, 1.82) is 0 Å². The molecule has 1 saturated heterocycles. The van der Waals surface area contributed by atoms with Crippen LogP contribution in [0, 0.1) is 0 Å². The number of methoxy groups -OCH3 is 2. The highest BCUT2D eigenvalue weighted by Crippen LogP contribution is 2.17. The van der Waals surface area contributed by atoms with Crippen molar-refractivity contribution in [3.05, 3.63) is 54.1 Å². The zero-order valence-electron chi connectivity index (χ0n) is 18.8. The first-order chi connectivity index (χ1) is 15.3. The van der Waals surface area contributed by atoms with Gasteiger partial charge in [0.1, 0.15) is 11.5 Å². The fourth-order valence-corrected chi connectivity index (χ4v) is 4.92. The molecule has 2 aromatic rings. The van der Waals surface area contributed by atoms with Crippen molar-refractivity contribution in [3.63, 3.8) is 0 Å². The van der Waals surface area contributed by atoms with Crippen LogP contribution in [0.15, 0.2) is 53.4 Å². The Morgan fingerprint density at radius 3 is 2.12 bits per heavy atom. The molecule has 0 saturated carbocycles. The predicted molar refractivity (Wildman–Crippen MR) is 122 cm³/mol. The standard InChI is InChI=1S/C23H31N3O5S/c1-18(24-32(28,29)22-11-9-21(31-3)10-12-22)23(27)26-14-4-13-25(15-16-26)17-19-5-7-20(30-2)8-6-19/h5-12,18,24H,4,13-17H2,1-3H3/t18-/m0/s1. The Kier molecular flexibility index (Phi) is 8.11. The molecule has 1 fully saturated rings. The summed E-state index contributed by atoms with van der Waals surface area (Å²) in [6.45, 7) is 5.16. The number of nitrogens with one attached hydrogen (secondary N) is 1. The number of ether oxygens (including phenoxy) is 2. The highest BCUT2D eigenvalue weighted by Gasteiger charge is 2.27. The maximum atomic E-state index is 12.9. The Bertz CT molecular complexity index is 993. The van der Waals surface area contributed by atoms with Crippen molar-refractivity contribution in [2.75, 3.05) is 40.4 Å². The molecule has 0 aromatic heterocycles. The van der Waals surface area contributed by atoms with Gasteiger partial charge in [-0.15, -0.1) is 0 Å². The first-order valence-corrected chi connectivity index (χ1v) is 12.1. The number of carbonyl (C=O) groups excluding carboxylic acids is 1. The van der Waals surface area contributed by atoms with Crippen LogP contribution >= 0.6 is 0 Å². The minimum Gasteiger partial charge on any atom is -0.497 e. The Labute approximate surface area is 190 Å². The van der Waals surface area contributed by atoms with Crippen molar-refractivity contribution >= 4 is 15.9 Å². The number of rotatable bonds is 8. The summed E-state index contributed by atoms with van der Waals surface area (Å²) < 4.78 is 38.1. The van der Waals surface area contributed by atoms with Crippen molar-refractivity contribution in [1.82, 2.24) is 14.5 Å². The van der Waals surface area contributed by atoms with Crippen LogP contribution in [0.5, 0.6) is 11.5 Å². The summed E-state index contributed by atoms with van der Waals surface area (Å²) in [6, 6.07) is 13.2. The normalized spacial score (nSPS) is 16.3. The van der Waals surface area contributed by atoms with Crippen molar-refractivity contribution in [2.45, 2.75) is 30.8 Å². The van der Waals surface area contributed by atoms with Crippen LogP contribution in [0.1, 0.15) is 18.9 Å². The number of benzene rings is 2. The van der Waals surface area contributed by atoms with E-state index in [9.17, 15) is 13.2 Å². The molecule has 2 aromatic carbocycles. The lowest BCUT2D eigenvalue weighted by molar-refractivity contribution is -0.132. The van der Waals surface area contributed by atoms with Gasteiger partial charge in [0.15, 0.2) is 0 Å². The fourth-order valence-electron chi connectivity index (χ4n) is 3.72. The van der Waals surface area contributed by atoms with Gasteiger partial charge in [-0.25, -0.2) is 8.42 Å². The molecule has 174 valence electrons. The third-order valence-electron chi connectivity index (χ3n) is 5.54. The quantitative estimate of drug-likeness (QED) is 0.648. The van der Waals surface area contributed by atoms with Gasteiger partial charge in [-0.05, 0) is 55.3 Å². The molecule has 3 rings (SSSR count). The van der Waals surface area contributed by atoms with Crippen LogP contribution in [0.3, 0.4) is 0 Å². The second-order valence-electron chi connectivity index (χ2n) is 7.82. The second kappa shape index (κ2) is 10.8. The van der Waals surface area contributed by atoms with E-state index in [0.29, 0.717) is 18.8 Å². The molecule has 1 atom stereocenters. The van der Waals surface area contributed by atoms with Crippen molar-refractivity contribution in [3.8, 4) is 11.5 Å². The van der Waals surface area contributed by atoms with E-state index < -0.39 is 16.1 Å². The molecular formula is C23H31N3O5S. The van der Waals surface area contributed by atoms with E-state index in [1.54, 1.807) is 31.1 Å². The highest BCUT2D eigenvalue weighted by molar-refractivity contribution is 7.89. The lowest BCUT2D eigenvalue weighted by Gasteiger charge is -2.25. The molecule has 0 unspecified atom stereocenters. The Morgan fingerprint density at radius 2 is 1.53 bits per heavy atom. The van der Waals surface area contributed by atoms with Crippen LogP contribution in [0.2, 0.25) is 0 Å². The zero-order valence-corrected chi connectivity index (χ0v) is 19.6. The molecule has 0 spiro atoms. The highest BCUT2D eigenvalue weighted by atomic mass is 32.2. The SMILES string of the molecule is COc1ccc(CN2CCCN(C(=O)[C@H](C)NS(=O)(=O)c3ccc(OC)cc3)CC2)cc1. The molecule has 1 aliphatic rings. The van der Waals surface area contributed by atoms with Gasteiger partial charge in [0.2, 0.25) is 15.9 Å². The van der Waals surface area contributed by atoms with Gasteiger partial charge in [-0.1, -0.05) is 12.1 Å². The third kappa shape index (κ3) is 6.21. The average Bonchev–Trinajstić information content (AvgIpc) is 3.04. The molecule has 0 bridgehead atoms. The summed E-state index contributed by atoms with van der Waals surface area (Å²) in [6.07, 6.45) is 0.833. The zero-order chi connectivity index (χ0) is 23.1. The molecule has 32 heavy (non-hydrogen) atoms. The summed E-state index contributed by atoms with van der Waals surface area (Å²) in [5.74, 6) is 1.18. The van der Waals surface area contributed by atoms with E-state index in [1.807, 2.05) is 24.3 Å². The number of hydrogen-bond acceptors (Lipinski definition) is 6. The molecule has 1 aliphatic heterocycles. The summed E-state index contributed by atoms with van der Waals surface area (Å²) in [5, 5.41) is 0. The van der Waals surface area contributed by atoms with E-state index in [-0.39, 0.29) is 10.8 Å². The lowest BCUT2D eigenvalue weighted by Crippen LogP contribution is -2.47. The van der Waals surface area contributed by atoms with Crippen LogP contribution in [0.25, 0.3) is 0 Å². The first kappa shape index (κ1) is 24.0. The van der Waals surface area contributed by atoms with E-state index in [0.717, 1.165) is 31.8 Å². The van der Waals surface area contributed by atoms with Gasteiger partial charge in [0.25, 0.3) is 0 Å². The fraction of sp³-hybridized carbons (Fsp3) is 0.435. The number of nitrogens with zero attached hydrogens (tertiary/aromatic N) is 2. The minimum absolute atomic E-state index is 0.0967. The Balaban J connectivity index is 1.55. The van der Waals surface area contributed by atoms with Gasteiger partial charge in [-0.2, -0.15) is 4.72 Å². The Morgan fingerprint density at radius 1 is 0.938 bits per heavy atom. The van der Waals surface area contributed by atoms with Gasteiger partial charge in [-0.3, -0.25) is 9.69 Å². The van der Waals surface area contributed by atoms with Crippen molar-refractivity contribution in [2.24, 2.45) is 0 Å². The van der Waals surface area contributed by atoms with Gasteiger partial charge in [0.05, 0.1) is 25.2 Å². The number of sulfonamides is 1. The predicted octanol–water partition coefficient (Wildman–Crippen LogP) is 2.11. The van der Waals surface area contributed by atoms with Crippen LogP contribution in [0.4, 0.5) is 0 Å². The molecule has 9 heteroatoms. The maximum Gasteiger partial charge on any atom is 0.241 e. The molecule has 0 radical (unpaired) electrons. The minimum atomic E-state index is -3.81. The molecule has 1 amide bonds. The van der Waals surface area contributed by atoms with E-state index >= 15 is 0 Å². The number of hydrogen-bond donors (Lipinski definition) is 1. The molecular weight excluding hydrogens is 430 g/mol. The molecule has 8 nitrogen and oxygen atoms in total. The summed E-state index contributed by atoms with van der Waals surface area (Å²) in [7, 11) is -0.646. The van der Waals surface area contributed by atoms with Crippen molar-refractivity contribution < 1.29 is 22.7 Å². The lowest BCUT2D eigenvalue weighted by atomic mass is 10.2.